The number of carboxylic acid groups (broad SMARTS) is 2. The summed E-state index contributed by atoms with van der Waals surface area (Å²) in [4.78, 5) is 59.9. The monoisotopic (exact) mass is 649 g/mol. The Morgan fingerprint density at radius 3 is 2.81 bits per heavy atom. The van der Waals surface area contributed by atoms with Gasteiger partial charge in [0.15, 0.2) is 23.6 Å². The zero-order chi connectivity index (χ0) is 31.0. The van der Waals surface area contributed by atoms with Crippen molar-refractivity contribution in [3.63, 3.8) is 0 Å². The van der Waals surface area contributed by atoms with E-state index in [2.05, 4.69) is 15.5 Å². The predicted octanol–water partition coefficient (Wildman–Crippen LogP) is -1.09. The molecule has 15 nitrogen and oxygen atoms in total. The fraction of sp³-hybridized carbons (Fsp3) is 0.320. The molecule has 18 heteroatoms. The van der Waals surface area contributed by atoms with E-state index in [9.17, 15) is 29.4 Å². The van der Waals surface area contributed by atoms with Crippen LogP contribution in [-0.4, -0.2) is 84.0 Å². The molecule has 0 aromatic carbocycles. The van der Waals surface area contributed by atoms with Crippen molar-refractivity contribution in [1.29, 1.82) is 0 Å². The van der Waals surface area contributed by atoms with Crippen LogP contribution in [0.1, 0.15) is 12.6 Å². The molecular formula is C25H24ClN7O8S2. The molecule has 5 rings (SSSR count). The molecule has 2 amide bonds. The van der Waals surface area contributed by atoms with E-state index in [4.69, 9.17) is 27.3 Å². The van der Waals surface area contributed by atoms with E-state index in [1.165, 1.54) is 18.7 Å². The summed E-state index contributed by atoms with van der Waals surface area (Å²) in [6.45, 7) is 1.70. The number of nitrogen functional groups attached to an aromatic ring is 1. The van der Waals surface area contributed by atoms with Crippen molar-refractivity contribution in [2.45, 2.75) is 37.5 Å². The molecule has 0 bridgehead atoms. The molecule has 1 saturated heterocycles. The number of hydrogen-bond donors (Lipinski definition) is 4. The highest BCUT2D eigenvalue weighted by molar-refractivity contribution is 8.00. The fourth-order valence-corrected chi connectivity index (χ4v) is 6.96. The maximum absolute atomic E-state index is 13.3. The molecule has 43 heavy (non-hydrogen) atoms. The Bertz CT molecular complexity index is 1700. The molecule has 2 aliphatic rings. The molecule has 5 heterocycles. The standard InChI is InChI=1S/C25H24ClN7O8S2/c1-11(23(37)38)41-30-16(15-19(26)43-25(27)29-15)20(35)28-17-21(36)33-18(24(39)40)12(10-42-22(17)33)9-32-5-2-3-13-14(32)4-6-31(13)7-8-34/h2-6,11,17,22,34H,7-10H2,1H3,(H4-,27,28,29,35,37,38,39,40)/b30-16-/t11-,17+,22+/m0/s1. The number of nitrogens with zero attached hydrogens (tertiary/aromatic N) is 5. The minimum absolute atomic E-state index is 0.00954. The highest BCUT2D eigenvalue weighted by Gasteiger charge is 2.53. The molecule has 5 N–H and O–H groups in total. The second-order valence-corrected chi connectivity index (χ2v) is 12.2. The molecule has 2 aliphatic heterocycles. The summed E-state index contributed by atoms with van der Waals surface area (Å²) in [6.07, 6.45) is 2.19. The second kappa shape index (κ2) is 12.2. The predicted molar refractivity (Wildman–Crippen MR) is 153 cm³/mol. The summed E-state index contributed by atoms with van der Waals surface area (Å²) < 4.78 is 3.70. The topological polar surface area (TPSA) is 216 Å². The molecule has 0 spiro atoms. The van der Waals surface area contributed by atoms with Crippen LogP contribution in [0.15, 0.2) is 47.0 Å². The SMILES string of the molecule is C[C@H](O/N=C(\C(=O)N[C@@H]1C(=O)N2C(C(=O)[O-])=C(C[n+]3cccc4c3ccn4CCO)CS[C@H]12)c1nc(N)sc1Cl)C(=O)O. The van der Waals surface area contributed by atoms with Gasteiger partial charge in [0.2, 0.25) is 11.6 Å². The number of pyridine rings is 1. The van der Waals surface area contributed by atoms with Gasteiger partial charge in [-0.25, -0.2) is 9.78 Å². The van der Waals surface area contributed by atoms with Crippen LogP contribution in [0.2, 0.25) is 4.34 Å². The first-order valence-corrected chi connectivity index (χ1v) is 14.9. The summed E-state index contributed by atoms with van der Waals surface area (Å²) in [5, 5.41) is 36.1. The number of nitrogens with one attached hydrogen (secondary N) is 1. The number of aliphatic carboxylic acids is 2. The van der Waals surface area contributed by atoms with Crippen molar-refractivity contribution >= 4 is 80.3 Å². The number of oxime groups is 1. The van der Waals surface area contributed by atoms with Gasteiger partial charge >= 0.3 is 5.97 Å². The van der Waals surface area contributed by atoms with Crippen molar-refractivity contribution in [3.05, 3.63) is 51.9 Å². The van der Waals surface area contributed by atoms with Crippen molar-refractivity contribution in [2.24, 2.45) is 5.16 Å². The summed E-state index contributed by atoms with van der Waals surface area (Å²) >= 11 is 8.25. The number of carbonyl (C=O) groups excluding carboxylic acids is 3. The number of amides is 2. The quantitative estimate of drug-likeness (QED) is 0.0847. The van der Waals surface area contributed by atoms with Gasteiger partial charge in [0.05, 0.1) is 18.3 Å². The van der Waals surface area contributed by atoms with Gasteiger partial charge in [0.25, 0.3) is 11.8 Å². The molecule has 0 radical (unpaired) electrons. The number of hydrogen-bond acceptors (Lipinski definition) is 12. The van der Waals surface area contributed by atoms with Gasteiger partial charge in [0, 0.05) is 36.2 Å². The number of β-lactam (4-membered cyclic amide) rings is 1. The normalized spacial score (nSPS) is 19.2. The zero-order valence-electron chi connectivity index (χ0n) is 22.3. The molecule has 1 fully saturated rings. The number of thioether (sulfide) groups is 1. The molecule has 0 saturated carbocycles. The average molecular weight is 650 g/mol. The van der Waals surface area contributed by atoms with E-state index >= 15 is 0 Å². The van der Waals surface area contributed by atoms with Gasteiger partial charge in [0.1, 0.15) is 27.0 Å². The first-order chi connectivity index (χ1) is 20.5. The average Bonchev–Trinajstić information content (AvgIpc) is 3.53. The smallest absolute Gasteiger partial charge is 0.347 e. The van der Waals surface area contributed by atoms with Crippen LogP contribution in [-0.2, 0) is 37.1 Å². The number of aromatic nitrogens is 3. The maximum Gasteiger partial charge on any atom is 0.347 e. The van der Waals surface area contributed by atoms with E-state index in [1.54, 1.807) is 12.3 Å². The number of aliphatic hydroxyl groups is 1. The van der Waals surface area contributed by atoms with E-state index in [0.29, 0.717) is 12.1 Å². The lowest BCUT2D eigenvalue weighted by molar-refractivity contribution is -0.663. The summed E-state index contributed by atoms with van der Waals surface area (Å²) in [5.41, 5.74) is 6.82. The van der Waals surface area contributed by atoms with E-state index in [-0.39, 0.29) is 39.8 Å². The van der Waals surface area contributed by atoms with Gasteiger partial charge < -0.3 is 40.6 Å². The van der Waals surface area contributed by atoms with Crippen molar-refractivity contribution in [3.8, 4) is 0 Å². The minimum Gasteiger partial charge on any atom is -0.543 e. The van der Waals surface area contributed by atoms with Crippen LogP contribution in [0, 0.1) is 0 Å². The number of fused-ring (bicyclic) bond motifs is 2. The van der Waals surface area contributed by atoms with Gasteiger partial charge in [-0.3, -0.25) is 14.5 Å². The van der Waals surface area contributed by atoms with Crippen molar-refractivity contribution in [2.75, 3.05) is 18.1 Å². The number of thiazole rings is 1. The Balaban J connectivity index is 1.38. The fourth-order valence-electron chi connectivity index (χ4n) is 4.70. The second-order valence-electron chi connectivity index (χ2n) is 9.44. The Kier molecular flexibility index (Phi) is 8.59. The van der Waals surface area contributed by atoms with Crippen LogP contribution < -0.4 is 20.7 Å². The Morgan fingerprint density at radius 1 is 1.40 bits per heavy atom. The third kappa shape index (κ3) is 5.75. The molecular weight excluding hydrogens is 626 g/mol. The van der Waals surface area contributed by atoms with Crippen molar-refractivity contribution < 1.29 is 43.9 Å². The van der Waals surface area contributed by atoms with Crippen LogP contribution >= 0.6 is 34.7 Å². The van der Waals surface area contributed by atoms with E-state index in [1.807, 2.05) is 27.5 Å². The van der Waals surface area contributed by atoms with Crippen molar-refractivity contribution in [1.82, 2.24) is 19.8 Å². The highest BCUT2D eigenvalue weighted by Crippen LogP contribution is 2.40. The summed E-state index contributed by atoms with van der Waals surface area (Å²) in [6, 6.07) is 4.39. The number of nitrogens with two attached hydrogens (primary N) is 1. The van der Waals surface area contributed by atoms with Crippen LogP contribution in [0.25, 0.3) is 11.0 Å². The molecule has 226 valence electrons. The Hall–Kier alpha value is -4.19. The Morgan fingerprint density at radius 2 is 2.16 bits per heavy atom. The lowest BCUT2D eigenvalue weighted by Crippen LogP contribution is -2.71. The highest BCUT2D eigenvalue weighted by atomic mass is 35.5. The van der Waals surface area contributed by atoms with E-state index < -0.39 is 47.0 Å². The number of halogens is 1. The number of aliphatic hydroxyl groups excluding tert-OH is 1. The number of anilines is 1. The lowest BCUT2D eigenvalue weighted by atomic mass is 10.0. The molecule has 3 atom stereocenters. The number of carbonyl (C=O) groups is 4. The van der Waals surface area contributed by atoms with Crippen LogP contribution in [0.4, 0.5) is 5.13 Å². The maximum atomic E-state index is 13.3. The first kappa shape index (κ1) is 30.3. The van der Waals surface area contributed by atoms with Gasteiger partial charge in [-0.1, -0.05) is 28.1 Å². The molecule has 3 aromatic heterocycles. The van der Waals surface area contributed by atoms with E-state index in [0.717, 1.165) is 27.3 Å². The van der Waals surface area contributed by atoms with Gasteiger partial charge in [-0.05, 0) is 13.0 Å². The first-order valence-electron chi connectivity index (χ1n) is 12.7. The van der Waals surface area contributed by atoms with Gasteiger partial charge in [-0.2, -0.15) is 4.57 Å². The Labute approximate surface area is 256 Å². The van der Waals surface area contributed by atoms with Crippen LogP contribution in [0.5, 0.6) is 0 Å². The molecule has 0 aliphatic carbocycles. The lowest BCUT2D eigenvalue weighted by Gasteiger charge is -2.50. The molecule has 3 aromatic rings. The third-order valence-corrected chi connectivity index (χ3v) is 9.16. The zero-order valence-corrected chi connectivity index (χ0v) is 24.7. The largest absolute Gasteiger partial charge is 0.543 e. The summed E-state index contributed by atoms with van der Waals surface area (Å²) in [7, 11) is 0. The van der Waals surface area contributed by atoms with Gasteiger partial charge in [-0.15, -0.1) is 11.8 Å². The number of carboxylic acids is 2. The molecule has 0 unspecified atom stereocenters. The number of rotatable bonds is 11. The third-order valence-electron chi connectivity index (χ3n) is 6.73. The summed E-state index contributed by atoms with van der Waals surface area (Å²) in [5.74, 6) is -4.30. The van der Waals surface area contributed by atoms with Crippen LogP contribution in [0.3, 0.4) is 0 Å². The minimum atomic E-state index is -1.54.